The second-order valence-electron chi connectivity index (χ2n) is 4.42. The average Bonchev–Trinajstić information content (AvgIpc) is 2.83. The molecule has 0 amide bonds. The van der Waals surface area contributed by atoms with Crippen LogP contribution in [0.15, 0.2) is 51.6 Å². The van der Waals surface area contributed by atoms with Crippen molar-refractivity contribution >= 4 is 15.9 Å². The molecule has 96 valence electrons. The van der Waals surface area contributed by atoms with Crippen molar-refractivity contribution in [3.8, 4) is 0 Å². The van der Waals surface area contributed by atoms with Crippen molar-refractivity contribution in [1.29, 1.82) is 0 Å². The van der Waals surface area contributed by atoms with E-state index in [1.165, 1.54) is 0 Å². The van der Waals surface area contributed by atoms with Gasteiger partial charge in [-0.05, 0) is 40.5 Å². The predicted octanol–water partition coefficient (Wildman–Crippen LogP) is 3.04. The minimum absolute atomic E-state index is 0.0267. The number of aliphatic hydroxyl groups excluding tert-OH is 1. The topological polar surface area (TPSA) is 45.4 Å². The molecule has 1 aromatic heterocycles. The number of hydrogen-bond acceptors (Lipinski definition) is 3. The maximum Gasteiger partial charge on any atom is 0.169 e. The summed E-state index contributed by atoms with van der Waals surface area (Å²) in [7, 11) is 0. The van der Waals surface area contributed by atoms with E-state index in [9.17, 15) is 5.11 Å². The molecule has 0 saturated heterocycles. The van der Waals surface area contributed by atoms with Crippen molar-refractivity contribution in [3.63, 3.8) is 0 Å². The van der Waals surface area contributed by atoms with E-state index < -0.39 is 5.54 Å². The summed E-state index contributed by atoms with van der Waals surface area (Å²) in [6.45, 7) is 2.57. The summed E-state index contributed by atoms with van der Waals surface area (Å²) in [5, 5.41) is 12.9. The Hall–Kier alpha value is -1.10. The van der Waals surface area contributed by atoms with Crippen molar-refractivity contribution in [2.24, 2.45) is 0 Å². The molecule has 2 N–H and O–H groups in total. The minimum atomic E-state index is -0.472. The molecule has 0 saturated carbocycles. The molecule has 1 aromatic carbocycles. The first-order chi connectivity index (χ1) is 8.64. The Bertz CT molecular complexity index is 498. The van der Waals surface area contributed by atoms with Gasteiger partial charge >= 0.3 is 0 Å². The van der Waals surface area contributed by atoms with Gasteiger partial charge in [-0.2, -0.15) is 0 Å². The van der Waals surface area contributed by atoms with E-state index in [1.54, 1.807) is 0 Å². The third-order valence-electron chi connectivity index (χ3n) is 3.01. The Morgan fingerprint density at radius 3 is 2.50 bits per heavy atom. The lowest BCUT2D eigenvalue weighted by atomic mass is 9.93. The molecular weight excluding hydrogens is 294 g/mol. The minimum Gasteiger partial charge on any atom is -0.453 e. The summed E-state index contributed by atoms with van der Waals surface area (Å²) in [6.07, 6.45) is 0. The number of rotatable bonds is 5. The van der Waals surface area contributed by atoms with Crippen LogP contribution in [0.2, 0.25) is 0 Å². The molecule has 0 aliphatic rings. The van der Waals surface area contributed by atoms with E-state index in [0.29, 0.717) is 11.2 Å². The van der Waals surface area contributed by atoms with Gasteiger partial charge in [0.1, 0.15) is 5.76 Å². The second kappa shape index (κ2) is 5.69. The second-order valence-corrected chi connectivity index (χ2v) is 5.20. The normalized spacial score (nSPS) is 14.4. The summed E-state index contributed by atoms with van der Waals surface area (Å²) in [6, 6.07) is 13.7. The zero-order chi connectivity index (χ0) is 13.0. The maximum atomic E-state index is 9.62. The lowest BCUT2D eigenvalue weighted by molar-refractivity contribution is 0.170. The summed E-state index contributed by atoms with van der Waals surface area (Å²) < 4.78 is 6.14. The van der Waals surface area contributed by atoms with E-state index in [0.717, 1.165) is 11.3 Å². The van der Waals surface area contributed by atoms with Crippen LogP contribution in [0.25, 0.3) is 0 Å². The van der Waals surface area contributed by atoms with Crippen LogP contribution in [-0.2, 0) is 12.1 Å². The van der Waals surface area contributed by atoms with Crippen molar-refractivity contribution in [2.75, 3.05) is 6.61 Å². The van der Waals surface area contributed by atoms with Gasteiger partial charge in [-0.3, -0.25) is 5.32 Å². The molecule has 0 bridgehead atoms. The third kappa shape index (κ3) is 3.02. The van der Waals surface area contributed by atoms with Crippen molar-refractivity contribution in [2.45, 2.75) is 19.0 Å². The molecule has 0 radical (unpaired) electrons. The van der Waals surface area contributed by atoms with Gasteiger partial charge in [0.15, 0.2) is 4.67 Å². The van der Waals surface area contributed by atoms with E-state index in [4.69, 9.17) is 4.42 Å². The number of furan rings is 1. The monoisotopic (exact) mass is 309 g/mol. The van der Waals surface area contributed by atoms with Crippen LogP contribution < -0.4 is 5.32 Å². The largest absolute Gasteiger partial charge is 0.453 e. The van der Waals surface area contributed by atoms with E-state index in [1.807, 2.05) is 49.4 Å². The molecule has 4 heteroatoms. The van der Waals surface area contributed by atoms with Crippen LogP contribution >= 0.6 is 15.9 Å². The maximum absolute atomic E-state index is 9.62. The van der Waals surface area contributed by atoms with Gasteiger partial charge in [0, 0.05) is 0 Å². The lowest BCUT2D eigenvalue weighted by Gasteiger charge is -2.29. The van der Waals surface area contributed by atoms with Crippen molar-refractivity contribution in [3.05, 3.63) is 58.5 Å². The Kier molecular flexibility index (Phi) is 4.22. The fourth-order valence-corrected chi connectivity index (χ4v) is 2.12. The van der Waals surface area contributed by atoms with E-state index >= 15 is 0 Å². The first kappa shape index (κ1) is 13.3. The SMILES string of the molecule is C[C@@](CO)(NCc1ccc(Br)o1)c1ccccc1. The van der Waals surface area contributed by atoms with Gasteiger partial charge in [0.05, 0.1) is 18.7 Å². The molecule has 18 heavy (non-hydrogen) atoms. The fraction of sp³-hybridized carbons (Fsp3) is 0.286. The smallest absolute Gasteiger partial charge is 0.169 e. The van der Waals surface area contributed by atoms with Crippen LogP contribution in [0.3, 0.4) is 0 Å². The summed E-state index contributed by atoms with van der Waals surface area (Å²) in [4.78, 5) is 0. The number of aliphatic hydroxyl groups is 1. The van der Waals surface area contributed by atoms with Gasteiger partial charge in [-0.15, -0.1) is 0 Å². The first-order valence-electron chi connectivity index (χ1n) is 5.80. The number of nitrogens with one attached hydrogen (secondary N) is 1. The molecule has 0 aliphatic carbocycles. The molecule has 3 nitrogen and oxygen atoms in total. The molecule has 2 rings (SSSR count). The molecule has 0 aliphatic heterocycles. The number of hydrogen-bond donors (Lipinski definition) is 2. The van der Waals surface area contributed by atoms with Crippen molar-refractivity contribution in [1.82, 2.24) is 5.32 Å². The van der Waals surface area contributed by atoms with Gasteiger partial charge in [0.2, 0.25) is 0 Å². The highest BCUT2D eigenvalue weighted by atomic mass is 79.9. The predicted molar refractivity (Wildman–Crippen MR) is 74.1 cm³/mol. The molecule has 2 aromatic rings. The molecular formula is C14H16BrNO2. The van der Waals surface area contributed by atoms with Crippen molar-refractivity contribution < 1.29 is 9.52 Å². The molecule has 0 unspecified atom stereocenters. The van der Waals surface area contributed by atoms with Crippen LogP contribution in [0.1, 0.15) is 18.2 Å². The molecule has 1 atom stereocenters. The summed E-state index contributed by atoms with van der Waals surface area (Å²) >= 11 is 3.27. The fourth-order valence-electron chi connectivity index (χ4n) is 1.78. The zero-order valence-corrected chi connectivity index (χ0v) is 11.8. The highest BCUT2D eigenvalue weighted by Crippen LogP contribution is 2.21. The molecule has 0 spiro atoms. The highest BCUT2D eigenvalue weighted by molar-refractivity contribution is 9.10. The van der Waals surface area contributed by atoms with Crippen LogP contribution in [0.5, 0.6) is 0 Å². The van der Waals surface area contributed by atoms with Crippen LogP contribution in [0, 0.1) is 0 Å². The van der Waals surface area contributed by atoms with E-state index in [2.05, 4.69) is 21.2 Å². The lowest BCUT2D eigenvalue weighted by Crippen LogP contribution is -2.42. The van der Waals surface area contributed by atoms with Gasteiger partial charge < -0.3 is 9.52 Å². The summed E-state index contributed by atoms with van der Waals surface area (Å²) in [5.74, 6) is 0.831. The quantitative estimate of drug-likeness (QED) is 0.892. The zero-order valence-electron chi connectivity index (χ0n) is 10.2. The Balaban J connectivity index is 2.09. The number of halogens is 1. The van der Waals surface area contributed by atoms with Gasteiger partial charge in [0.25, 0.3) is 0 Å². The molecule has 0 fully saturated rings. The molecule has 1 heterocycles. The first-order valence-corrected chi connectivity index (χ1v) is 6.59. The average molecular weight is 310 g/mol. The van der Waals surface area contributed by atoms with Crippen LogP contribution in [0.4, 0.5) is 0 Å². The van der Waals surface area contributed by atoms with E-state index in [-0.39, 0.29) is 6.61 Å². The van der Waals surface area contributed by atoms with Gasteiger partial charge in [-0.25, -0.2) is 0 Å². The number of benzene rings is 1. The Morgan fingerprint density at radius 1 is 1.22 bits per heavy atom. The van der Waals surface area contributed by atoms with Gasteiger partial charge in [-0.1, -0.05) is 30.3 Å². The standard InChI is InChI=1S/C14H16BrNO2/c1-14(10-17,11-5-3-2-4-6-11)16-9-12-7-8-13(15)18-12/h2-8,16-17H,9-10H2,1H3/t14-/m0/s1. The Morgan fingerprint density at radius 2 is 1.94 bits per heavy atom. The highest BCUT2D eigenvalue weighted by Gasteiger charge is 2.25. The Labute approximate surface area is 115 Å². The van der Waals surface area contributed by atoms with Crippen LogP contribution in [-0.4, -0.2) is 11.7 Å². The third-order valence-corrected chi connectivity index (χ3v) is 3.43. The summed E-state index contributed by atoms with van der Waals surface area (Å²) in [5.41, 5.74) is 0.582.